The van der Waals surface area contributed by atoms with Crippen molar-refractivity contribution in [3.63, 3.8) is 0 Å². The van der Waals surface area contributed by atoms with Crippen LogP contribution in [0.1, 0.15) is 41.0 Å². The first-order valence-electron chi connectivity index (χ1n) is 5.67. The van der Waals surface area contributed by atoms with Crippen LogP contribution in [0, 0.1) is 5.41 Å². The normalized spacial score (nSPS) is 19.0. The van der Waals surface area contributed by atoms with E-state index in [9.17, 15) is 0 Å². The van der Waals surface area contributed by atoms with Crippen LogP contribution in [0.5, 0.6) is 0 Å². The molecular formula is C12H28N2O. The summed E-state index contributed by atoms with van der Waals surface area (Å²) in [4.78, 5) is 2.31. The van der Waals surface area contributed by atoms with Crippen LogP contribution in [-0.2, 0) is 0 Å². The molecule has 0 saturated carbocycles. The number of rotatable bonds is 5. The van der Waals surface area contributed by atoms with Gasteiger partial charge in [0, 0.05) is 18.1 Å². The van der Waals surface area contributed by atoms with Crippen molar-refractivity contribution in [1.82, 2.24) is 4.90 Å². The van der Waals surface area contributed by atoms with E-state index in [4.69, 9.17) is 10.8 Å². The first kappa shape index (κ1) is 14.9. The summed E-state index contributed by atoms with van der Waals surface area (Å²) in [5, 5.41) is 9.11. The molecule has 2 unspecified atom stereocenters. The molecular weight excluding hydrogens is 188 g/mol. The Hall–Kier alpha value is -0.120. The van der Waals surface area contributed by atoms with Gasteiger partial charge >= 0.3 is 0 Å². The lowest BCUT2D eigenvalue weighted by Crippen LogP contribution is -2.47. The van der Waals surface area contributed by atoms with Crippen molar-refractivity contribution in [2.75, 3.05) is 20.2 Å². The maximum Gasteiger partial charge on any atom is 0.0609 e. The highest BCUT2D eigenvalue weighted by atomic mass is 16.3. The van der Waals surface area contributed by atoms with Gasteiger partial charge in [0.05, 0.1) is 6.61 Å². The molecule has 92 valence electrons. The zero-order valence-corrected chi connectivity index (χ0v) is 11.2. The Morgan fingerprint density at radius 1 is 1.27 bits per heavy atom. The van der Waals surface area contributed by atoms with Gasteiger partial charge in [-0.05, 0) is 32.7 Å². The highest BCUT2D eigenvalue weighted by Crippen LogP contribution is 2.19. The monoisotopic (exact) mass is 216 g/mol. The third kappa shape index (κ3) is 6.88. The van der Waals surface area contributed by atoms with E-state index in [1.54, 1.807) is 0 Å². The molecule has 0 aromatic heterocycles. The smallest absolute Gasteiger partial charge is 0.0609 e. The minimum absolute atomic E-state index is 0.0424. The molecule has 0 radical (unpaired) electrons. The summed E-state index contributed by atoms with van der Waals surface area (Å²) >= 11 is 0. The van der Waals surface area contributed by atoms with E-state index in [1.165, 1.54) is 0 Å². The maximum absolute atomic E-state index is 9.11. The second-order valence-electron chi connectivity index (χ2n) is 6.34. The molecule has 0 amide bonds. The zero-order valence-electron chi connectivity index (χ0n) is 11.2. The van der Waals surface area contributed by atoms with Gasteiger partial charge in [0.2, 0.25) is 0 Å². The van der Waals surface area contributed by atoms with Gasteiger partial charge < -0.3 is 15.7 Å². The highest BCUT2D eigenvalue weighted by Gasteiger charge is 2.24. The van der Waals surface area contributed by atoms with Crippen molar-refractivity contribution in [2.45, 2.75) is 52.6 Å². The third-order valence-corrected chi connectivity index (χ3v) is 2.60. The quantitative estimate of drug-likeness (QED) is 0.731. The fourth-order valence-corrected chi connectivity index (χ4v) is 1.80. The van der Waals surface area contributed by atoms with E-state index in [0.717, 1.165) is 13.0 Å². The van der Waals surface area contributed by atoms with Gasteiger partial charge in [-0.2, -0.15) is 0 Å². The van der Waals surface area contributed by atoms with E-state index in [2.05, 4.69) is 39.6 Å². The molecule has 0 spiro atoms. The summed E-state index contributed by atoms with van der Waals surface area (Å²) in [6, 6.07) is 0.395. The van der Waals surface area contributed by atoms with E-state index in [0.29, 0.717) is 11.5 Å². The Labute approximate surface area is 94.6 Å². The van der Waals surface area contributed by atoms with Gasteiger partial charge in [-0.25, -0.2) is 0 Å². The van der Waals surface area contributed by atoms with Crippen LogP contribution >= 0.6 is 0 Å². The minimum atomic E-state index is -0.467. The topological polar surface area (TPSA) is 49.5 Å². The molecule has 2 atom stereocenters. The van der Waals surface area contributed by atoms with Crippen molar-refractivity contribution in [1.29, 1.82) is 0 Å². The van der Waals surface area contributed by atoms with E-state index in [-0.39, 0.29) is 6.61 Å². The predicted octanol–water partition coefficient (Wildman–Crippen LogP) is 1.45. The van der Waals surface area contributed by atoms with Crippen LogP contribution in [0.15, 0.2) is 0 Å². The Balaban J connectivity index is 4.16. The molecule has 0 fully saturated rings. The molecule has 0 bridgehead atoms. The molecule has 0 aromatic rings. The van der Waals surface area contributed by atoms with Gasteiger partial charge in [-0.3, -0.25) is 0 Å². The van der Waals surface area contributed by atoms with Crippen LogP contribution in [0.3, 0.4) is 0 Å². The molecule has 0 heterocycles. The number of aliphatic hydroxyl groups excluding tert-OH is 1. The van der Waals surface area contributed by atoms with Crippen LogP contribution in [0.25, 0.3) is 0 Å². The number of aliphatic hydroxyl groups is 1. The summed E-state index contributed by atoms with van der Waals surface area (Å²) in [5.41, 5.74) is 5.77. The summed E-state index contributed by atoms with van der Waals surface area (Å²) in [7, 11) is 2.11. The van der Waals surface area contributed by atoms with E-state index >= 15 is 0 Å². The summed E-state index contributed by atoms with van der Waals surface area (Å²) in [6.45, 7) is 11.8. The molecule has 3 N–H and O–H groups in total. The lowest BCUT2D eigenvalue weighted by Gasteiger charge is -2.35. The average molecular weight is 216 g/mol. The minimum Gasteiger partial charge on any atom is -0.394 e. The molecule has 3 heteroatoms. The molecule has 0 aromatic carbocycles. The molecule has 0 saturated heterocycles. The second kappa shape index (κ2) is 5.28. The first-order valence-corrected chi connectivity index (χ1v) is 5.67. The molecule has 0 aliphatic carbocycles. The van der Waals surface area contributed by atoms with Crippen molar-refractivity contribution in [3.05, 3.63) is 0 Å². The first-order chi connectivity index (χ1) is 6.57. The fraction of sp³-hybridized carbons (Fsp3) is 1.00. The van der Waals surface area contributed by atoms with Crippen LogP contribution in [0.4, 0.5) is 0 Å². The molecule has 15 heavy (non-hydrogen) atoms. The number of hydrogen-bond acceptors (Lipinski definition) is 3. The van der Waals surface area contributed by atoms with Crippen LogP contribution in [-0.4, -0.2) is 41.8 Å². The summed E-state index contributed by atoms with van der Waals surface area (Å²) in [6.07, 6.45) is 0.816. The van der Waals surface area contributed by atoms with Gasteiger partial charge in [-0.1, -0.05) is 20.8 Å². The predicted molar refractivity (Wildman–Crippen MR) is 65.8 cm³/mol. The van der Waals surface area contributed by atoms with Gasteiger partial charge in [0.15, 0.2) is 0 Å². The Kier molecular flexibility index (Phi) is 5.24. The molecule has 0 aliphatic rings. The summed E-state index contributed by atoms with van der Waals surface area (Å²) in [5.74, 6) is 0. The summed E-state index contributed by atoms with van der Waals surface area (Å²) < 4.78 is 0. The van der Waals surface area contributed by atoms with E-state index < -0.39 is 5.54 Å². The van der Waals surface area contributed by atoms with Crippen molar-refractivity contribution < 1.29 is 5.11 Å². The Morgan fingerprint density at radius 3 is 2.07 bits per heavy atom. The zero-order chi connectivity index (χ0) is 12.3. The third-order valence-electron chi connectivity index (χ3n) is 2.60. The van der Waals surface area contributed by atoms with Crippen LogP contribution < -0.4 is 5.73 Å². The Morgan fingerprint density at radius 2 is 1.73 bits per heavy atom. The number of nitrogens with zero attached hydrogens (tertiary/aromatic N) is 1. The van der Waals surface area contributed by atoms with Crippen molar-refractivity contribution in [2.24, 2.45) is 11.1 Å². The average Bonchev–Trinajstić information content (AvgIpc) is 2.00. The van der Waals surface area contributed by atoms with E-state index in [1.807, 2.05) is 6.92 Å². The molecule has 0 rings (SSSR count). The second-order valence-corrected chi connectivity index (χ2v) is 6.34. The molecule has 3 nitrogen and oxygen atoms in total. The van der Waals surface area contributed by atoms with Crippen molar-refractivity contribution in [3.8, 4) is 0 Å². The van der Waals surface area contributed by atoms with Crippen molar-refractivity contribution >= 4 is 0 Å². The maximum atomic E-state index is 9.11. The lowest BCUT2D eigenvalue weighted by atomic mass is 9.92. The number of nitrogens with two attached hydrogens (primary N) is 1. The standard InChI is InChI=1S/C12H28N2O/c1-10(7-12(5,13)9-15)14(6)8-11(2,3)4/h10,15H,7-9,13H2,1-6H3. The number of hydrogen-bond donors (Lipinski definition) is 2. The van der Waals surface area contributed by atoms with Gasteiger partial charge in [-0.15, -0.1) is 0 Å². The lowest BCUT2D eigenvalue weighted by molar-refractivity contribution is 0.129. The Bertz CT molecular complexity index is 185. The van der Waals surface area contributed by atoms with Gasteiger partial charge in [0.25, 0.3) is 0 Å². The van der Waals surface area contributed by atoms with Crippen LogP contribution in [0.2, 0.25) is 0 Å². The fourth-order valence-electron chi connectivity index (χ4n) is 1.80. The SMILES string of the molecule is CC(CC(C)(N)CO)N(C)CC(C)(C)C. The van der Waals surface area contributed by atoms with Gasteiger partial charge in [0.1, 0.15) is 0 Å². The molecule has 0 aliphatic heterocycles. The largest absolute Gasteiger partial charge is 0.394 e. The highest BCUT2D eigenvalue weighted by molar-refractivity contribution is 4.83.